The smallest absolute Gasteiger partial charge is 0.232 e. The van der Waals surface area contributed by atoms with Gasteiger partial charge in [0.15, 0.2) is 0 Å². The number of nitrogens with zero attached hydrogens (tertiary/aromatic N) is 1. The van der Waals surface area contributed by atoms with Crippen molar-refractivity contribution in [2.75, 3.05) is 12.8 Å². The summed E-state index contributed by atoms with van der Waals surface area (Å²) in [4.78, 5) is 0. The van der Waals surface area contributed by atoms with Crippen molar-refractivity contribution >= 4 is 10.0 Å². The third-order valence-corrected chi connectivity index (χ3v) is 3.20. The zero-order chi connectivity index (χ0) is 10.1. The fourth-order valence-corrected chi connectivity index (χ4v) is 2.39. The largest absolute Gasteiger partial charge is 0.270 e. The van der Waals surface area contributed by atoms with E-state index in [4.69, 9.17) is 0 Å². The van der Waals surface area contributed by atoms with Gasteiger partial charge in [0.1, 0.15) is 0 Å². The maximum absolute atomic E-state index is 11.3. The maximum atomic E-state index is 11.3. The first kappa shape index (κ1) is 10.1. The van der Waals surface area contributed by atoms with E-state index in [1.165, 1.54) is 10.6 Å². The highest BCUT2D eigenvalue weighted by Gasteiger charge is 2.25. The summed E-state index contributed by atoms with van der Waals surface area (Å²) in [7, 11) is -3.15. The molecule has 4 heteroatoms. The highest BCUT2D eigenvalue weighted by atomic mass is 32.2. The van der Waals surface area contributed by atoms with Crippen molar-refractivity contribution in [2.24, 2.45) is 0 Å². The van der Waals surface area contributed by atoms with Crippen molar-refractivity contribution in [3.8, 4) is 0 Å². The number of rotatable bonds is 3. The Labute approximate surface area is 79.1 Å². The lowest BCUT2D eigenvalue weighted by atomic mass is 10.2. The van der Waals surface area contributed by atoms with Crippen molar-refractivity contribution in [2.45, 2.75) is 6.42 Å². The van der Waals surface area contributed by atoms with Crippen molar-refractivity contribution in [3.05, 3.63) is 36.6 Å². The van der Waals surface area contributed by atoms with Crippen LogP contribution < -0.4 is 0 Å². The van der Waals surface area contributed by atoms with Gasteiger partial charge in [0.25, 0.3) is 0 Å². The van der Waals surface area contributed by atoms with E-state index in [0.717, 1.165) is 12.0 Å². The average Bonchev–Trinajstić information content (AvgIpc) is 2.45. The molecule has 0 atom stereocenters. The fraction of sp³-hybridized carbons (Fsp3) is 0.333. The highest BCUT2D eigenvalue weighted by Crippen LogP contribution is 2.26. The number of allylic oxidation sites excluding steroid dienone is 2. The minimum atomic E-state index is -3.15. The van der Waals surface area contributed by atoms with Crippen LogP contribution >= 0.6 is 0 Å². The van der Waals surface area contributed by atoms with E-state index in [9.17, 15) is 8.42 Å². The lowest BCUT2D eigenvalue weighted by Crippen LogP contribution is -2.25. The molecule has 1 rings (SSSR count). The number of hydrogen-bond donors (Lipinski definition) is 0. The van der Waals surface area contributed by atoms with Crippen LogP contribution in [0.4, 0.5) is 0 Å². The summed E-state index contributed by atoms with van der Waals surface area (Å²) in [6.45, 7) is 7.72. The van der Waals surface area contributed by atoms with Gasteiger partial charge in [0.2, 0.25) is 10.0 Å². The molecule has 0 aromatic rings. The van der Waals surface area contributed by atoms with E-state index < -0.39 is 10.0 Å². The monoisotopic (exact) mass is 199 g/mol. The fourth-order valence-electron chi connectivity index (χ4n) is 1.41. The van der Waals surface area contributed by atoms with Crippen LogP contribution in [0.25, 0.3) is 0 Å². The normalized spacial score (nSPS) is 17.8. The van der Waals surface area contributed by atoms with Crippen LogP contribution in [0, 0.1) is 0 Å². The zero-order valence-corrected chi connectivity index (χ0v) is 8.47. The van der Waals surface area contributed by atoms with Gasteiger partial charge >= 0.3 is 0 Å². The van der Waals surface area contributed by atoms with Crippen LogP contribution in [-0.2, 0) is 10.0 Å². The molecule has 0 amide bonds. The Bertz CT molecular complexity index is 365. The summed E-state index contributed by atoms with van der Waals surface area (Å²) in [5.74, 6) is 0. The van der Waals surface area contributed by atoms with Crippen LogP contribution in [0.15, 0.2) is 36.6 Å². The second kappa shape index (κ2) is 3.38. The van der Waals surface area contributed by atoms with Gasteiger partial charge in [0.05, 0.1) is 12.0 Å². The summed E-state index contributed by atoms with van der Waals surface area (Å²) < 4.78 is 23.9. The number of hydrogen-bond acceptors (Lipinski definition) is 2. The molecule has 72 valence electrons. The molecule has 0 aromatic heterocycles. The predicted octanol–water partition coefficient (Wildman–Crippen LogP) is 1.28. The Morgan fingerprint density at radius 3 is 2.38 bits per heavy atom. The molecule has 1 aliphatic rings. The standard InChI is InChI=1S/C9H13NO2S/c1-4-8-6-7-10(9(8)5-2)13(3,11)12/h4-5H,1-2,6-7H2,3H3. The Balaban J connectivity index is 3.14. The molecular formula is C9H13NO2S. The first-order valence-corrected chi connectivity index (χ1v) is 5.81. The third-order valence-electron chi connectivity index (χ3n) is 2.02. The van der Waals surface area contributed by atoms with Crippen LogP contribution in [-0.4, -0.2) is 25.5 Å². The molecule has 0 N–H and O–H groups in total. The second-order valence-electron chi connectivity index (χ2n) is 2.90. The Hall–Kier alpha value is -1.03. The van der Waals surface area contributed by atoms with E-state index >= 15 is 0 Å². The molecule has 0 spiro atoms. The molecule has 0 saturated heterocycles. The van der Waals surface area contributed by atoms with Crippen molar-refractivity contribution in [1.82, 2.24) is 4.31 Å². The molecule has 0 fully saturated rings. The molecular weight excluding hydrogens is 186 g/mol. The maximum Gasteiger partial charge on any atom is 0.232 e. The van der Waals surface area contributed by atoms with Gasteiger partial charge in [-0.25, -0.2) is 8.42 Å². The minimum Gasteiger partial charge on any atom is -0.270 e. The molecule has 13 heavy (non-hydrogen) atoms. The van der Waals surface area contributed by atoms with Gasteiger partial charge in [-0.2, -0.15) is 0 Å². The van der Waals surface area contributed by atoms with Crippen molar-refractivity contribution < 1.29 is 8.42 Å². The van der Waals surface area contributed by atoms with Crippen LogP contribution in [0.3, 0.4) is 0 Å². The molecule has 1 heterocycles. The minimum absolute atomic E-state index is 0.502. The third kappa shape index (κ3) is 1.83. The molecule has 3 nitrogen and oxygen atoms in total. The molecule has 0 saturated carbocycles. The van der Waals surface area contributed by atoms with Crippen LogP contribution in [0.5, 0.6) is 0 Å². The Morgan fingerprint density at radius 2 is 2.00 bits per heavy atom. The summed E-state index contributed by atoms with van der Waals surface area (Å²) >= 11 is 0. The summed E-state index contributed by atoms with van der Waals surface area (Å²) in [5.41, 5.74) is 1.61. The van der Waals surface area contributed by atoms with Crippen LogP contribution in [0.2, 0.25) is 0 Å². The SMILES string of the molecule is C=CC1=C(C=C)N(S(C)(=O)=O)CC1. The topological polar surface area (TPSA) is 37.4 Å². The van der Waals surface area contributed by atoms with E-state index in [0.29, 0.717) is 12.2 Å². The predicted molar refractivity (Wildman–Crippen MR) is 53.6 cm³/mol. The second-order valence-corrected chi connectivity index (χ2v) is 4.81. The Kier molecular flexibility index (Phi) is 2.61. The van der Waals surface area contributed by atoms with Gasteiger partial charge in [-0.3, -0.25) is 4.31 Å². The van der Waals surface area contributed by atoms with Gasteiger partial charge in [0, 0.05) is 6.54 Å². The van der Waals surface area contributed by atoms with E-state index in [-0.39, 0.29) is 0 Å². The van der Waals surface area contributed by atoms with E-state index in [2.05, 4.69) is 13.2 Å². The van der Waals surface area contributed by atoms with Crippen molar-refractivity contribution in [1.29, 1.82) is 0 Å². The lowest BCUT2D eigenvalue weighted by Gasteiger charge is -2.16. The zero-order valence-electron chi connectivity index (χ0n) is 7.66. The molecule has 0 unspecified atom stereocenters. The van der Waals surface area contributed by atoms with Crippen LogP contribution in [0.1, 0.15) is 6.42 Å². The number of sulfonamides is 1. The molecule has 0 bridgehead atoms. The van der Waals surface area contributed by atoms with Crippen molar-refractivity contribution in [3.63, 3.8) is 0 Å². The van der Waals surface area contributed by atoms with Gasteiger partial charge in [-0.15, -0.1) is 0 Å². The molecule has 0 radical (unpaired) electrons. The summed E-state index contributed by atoms with van der Waals surface area (Å²) in [5, 5.41) is 0. The summed E-state index contributed by atoms with van der Waals surface area (Å²) in [6, 6.07) is 0. The molecule has 0 aromatic carbocycles. The Morgan fingerprint density at radius 1 is 1.38 bits per heavy atom. The molecule has 1 aliphatic heterocycles. The summed E-state index contributed by atoms with van der Waals surface area (Å²) in [6.07, 6.45) is 5.16. The first-order valence-electron chi connectivity index (χ1n) is 3.96. The van der Waals surface area contributed by atoms with Gasteiger partial charge in [-0.1, -0.05) is 19.2 Å². The lowest BCUT2D eigenvalue weighted by molar-refractivity contribution is 0.512. The van der Waals surface area contributed by atoms with E-state index in [1.54, 1.807) is 12.2 Å². The van der Waals surface area contributed by atoms with Gasteiger partial charge < -0.3 is 0 Å². The quantitative estimate of drug-likeness (QED) is 0.686. The van der Waals surface area contributed by atoms with E-state index in [1.807, 2.05) is 0 Å². The van der Waals surface area contributed by atoms with Gasteiger partial charge in [-0.05, 0) is 18.1 Å². The molecule has 0 aliphatic carbocycles. The average molecular weight is 199 g/mol. The first-order chi connectivity index (χ1) is 6.00. The highest BCUT2D eigenvalue weighted by molar-refractivity contribution is 7.88.